The van der Waals surface area contributed by atoms with Crippen LogP contribution in [0.4, 0.5) is 8.78 Å². The molecule has 0 bridgehead atoms. The lowest BCUT2D eigenvalue weighted by atomic mass is 9.99. The summed E-state index contributed by atoms with van der Waals surface area (Å²) < 4.78 is 32.2. The molecule has 16 heavy (non-hydrogen) atoms. The molecule has 0 aliphatic carbocycles. The normalized spacial score (nSPS) is 14.9. The highest BCUT2D eigenvalue weighted by atomic mass is 19.1. The topological polar surface area (TPSA) is 35.2 Å². The number of hydrogen-bond donors (Lipinski definition) is 1. The fourth-order valence-electron chi connectivity index (χ4n) is 1.59. The van der Waals surface area contributed by atoms with Crippen LogP contribution in [0.3, 0.4) is 0 Å². The van der Waals surface area contributed by atoms with Gasteiger partial charge in [0.05, 0.1) is 6.10 Å². The Kier molecular flexibility index (Phi) is 4.38. The molecule has 1 rings (SSSR count). The Morgan fingerprint density at radius 3 is 2.56 bits per heavy atom. The smallest absolute Gasteiger partial charge is 0.133 e. The first kappa shape index (κ1) is 13.1. The Morgan fingerprint density at radius 2 is 2.00 bits per heavy atom. The molecule has 0 fully saturated rings. The molecular weight excluding hydrogens is 212 g/mol. The summed E-state index contributed by atoms with van der Waals surface area (Å²) in [6, 6.07) is 1.96. The Morgan fingerprint density at radius 1 is 1.38 bits per heavy atom. The van der Waals surface area contributed by atoms with Crippen molar-refractivity contribution in [3.05, 3.63) is 34.9 Å². The zero-order chi connectivity index (χ0) is 12.3. The standard InChI is InChI=1S/C12H17F2NO/c1-7-4-5-9(13)11(12(7)14)10(15)6-8(2)16-3/h4-5,8,10H,6,15H2,1-3H3. The number of aryl methyl sites for hydroxylation is 1. The second-order valence-electron chi connectivity index (χ2n) is 3.98. The largest absolute Gasteiger partial charge is 0.382 e. The Hall–Kier alpha value is -1.00. The summed E-state index contributed by atoms with van der Waals surface area (Å²) in [6.07, 6.45) is 0.252. The van der Waals surface area contributed by atoms with Crippen molar-refractivity contribution in [3.8, 4) is 0 Å². The molecule has 0 saturated carbocycles. The van der Waals surface area contributed by atoms with Gasteiger partial charge in [0.15, 0.2) is 0 Å². The first-order valence-corrected chi connectivity index (χ1v) is 5.20. The van der Waals surface area contributed by atoms with Crippen molar-refractivity contribution in [1.82, 2.24) is 0 Å². The van der Waals surface area contributed by atoms with Crippen molar-refractivity contribution in [2.24, 2.45) is 5.73 Å². The van der Waals surface area contributed by atoms with Crippen LogP contribution in [0.1, 0.15) is 30.5 Å². The van der Waals surface area contributed by atoms with Gasteiger partial charge in [0.1, 0.15) is 11.6 Å². The lowest BCUT2D eigenvalue weighted by molar-refractivity contribution is 0.104. The van der Waals surface area contributed by atoms with E-state index in [1.165, 1.54) is 12.1 Å². The minimum atomic E-state index is -0.685. The van der Waals surface area contributed by atoms with E-state index in [-0.39, 0.29) is 11.7 Å². The summed E-state index contributed by atoms with van der Waals surface area (Å²) in [5.41, 5.74) is 6.13. The maximum atomic E-state index is 13.7. The maximum Gasteiger partial charge on any atom is 0.133 e. The van der Waals surface area contributed by atoms with Crippen LogP contribution in [-0.2, 0) is 4.74 Å². The van der Waals surface area contributed by atoms with Gasteiger partial charge in [-0.1, -0.05) is 6.07 Å². The second-order valence-corrected chi connectivity index (χ2v) is 3.98. The lowest BCUT2D eigenvalue weighted by Crippen LogP contribution is -2.20. The van der Waals surface area contributed by atoms with E-state index in [4.69, 9.17) is 10.5 Å². The third-order valence-corrected chi connectivity index (χ3v) is 2.68. The minimum absolute atomic E-state index is 0.0519. The van der Waals surface area contributed by atoms with Gasteiger partial charge in [0, 0.05) is 18.7 Å². The fourth-order valence-corrected chi connectivity index (χ4v) is 1.59. The summed E-state index contributed by atoms with van der Waals surface area (Å²) in [6.45, 7) is 3.40. The van der Waals surface area contributed by atoms with Crippen molar-refractivity contribution in [2.45, 2.75) is 32.4 Å². The molecule has 0 heterocycles. The van der Waals surface area contributed by atoms with Crippen LogP contribution in [0.15, 0.2) is 12.1 Å². The predicted molar refractivity (Wildman–Crippen MR) is 59.1 cm³/mol. The van der Waals surface area contributed by atoms with E-state index in [2.05, 4.69) is 0 Å². The van der Waals surface area contributed by atoms with Crippen LogP contribution in [0.25, 0.3) is 0 Å². The molecule has 0 radical (unpaired) electrons. The molecule has 0 aliphatic heterocycles. The first-order valence-electron chi connectivity index (χ1n) is 5.20. The van der Waals surface area contributed by atoms with Gasteiger partial charge in [-0.15, -0.1) is 0 Å². The van der Waals surface area contributed by atoms with Crippen LogP contribution < -0.4 is 5.73 Å². The predicted octanol–water partition coefficient (Wildman–Crippen LogP) is 2.70. The van der Waals surface area contributed by atoms with Crippen molar-refractivity contribution in [3.63, 3.8) is 0 Å². The molecule has 0 aromatic heterocycles. The average molecular weight is 229 g/mol. The van der Waals surface area contributed by atoms with Gasteiger partial charge in [-0.25, -0.2) is 8.78 Å². The van der Waals surface area contributed by atoms with Gasteiger partial charge in [-0.05, 0) is 31.9 Å². The highest BCUT2D eigenvalue weighted by Crippen LogP contribution is 2.25. The molecule has 0 aliphatic rings. The average Bonchev–Trinajstić information content (AvgIpc) is 2.24. The van der Waals surface area contributed by atoms with E-state index in [9.17, 15) is 8.78 Å². The van der Waals surface area contributed by atoms with Crippen molar-refractivity contribution in [1.29, 1.82) is 0 Å². The van der Waals surface area contributed by atoms with Gasteiger partial charge in [0.2, 0.25) is 0 Å². The maximum absolute atomic E-state index is 13.7. The van der Waals surface area contributed by atoms with Gasteiger partial charge in [0.25, 0.3) is 0 Å². The zero-order valence-corrected chi connectivity index (χ0v) is 9.76. The van der Waals surface area contributed by atoms with Crippen LogP contribution in [-0.4, -0.2) is 13.2 Å². The molecule has 90 valence electrons. The van der Waals surface area contributed by atoms with Gasteiger partial charge >= 0.3 is 0 Å². The molecule has 0 saturated heterocycles. The van der Waals surface area contributed by atoms with Crippen molar-refractivity contribution >= 4 is 0 Å². The van der Waals surface area contributed by atoms with E-state index in [1.54, 1.807) is 14.0 Å². The summed E-state index contributed by atoms with van der Waals surface area (Å²) in [5, 5.41) is 0. The van der Waals surface area contributed by atoms with Crippen LogP contribution in [0.5, 0.6) is 0 Å². The molecule has 2 atom stereocenters. The van der Waals surface area contributed by atoms with Gasteiger partial charge in [-0.3, -0.25) is 0 Å². The highest BCUT2D eigenvalue weighted by Gasteiger charge is 2.20. The molecule has 2 N–H and O–H groups in total. The molecule has 2 nitrogen and oxygen atoms in total. The molecule has 1 aromatic rings. The first-order chi connectivity index (χ1) is 7.47. The van der Waals surface area contributed by atoms with E-state index < -0.39 is 17.7 Å². The van der Waals surface area contributed by atoms with Gasteiger partial charge in [-0.2, -0.15) is 0 Å². The third kappa shape index (κ3) is 2.77. The lowest BCUT2D eigenvalue weighted by Gasteiger charge is -2.18. The number of rotatable bonds is 4. The van der Waals surface area contributed by atoms with Crippen molar-refractivity contribution in [2.75, 3.05) is 7.11 Å². The molecular formula is C12H17F2NO. The summed E-state index contributed by atoms with van der Waals surface area (Å²) >= 11 is 0. The molecule has 0 spiro atoms. The number of nitrogens with two attached hydrogens (primary N) is 1. The number of benzene rings is 1. The number of hydrogen-bond acceptors (Lipinski definition) is 2. The summed E-state index contributed by atoms with van der Waals surface area (Å²) in [7, 11) is 1.54. The Labute approximate surface area is 94.4 Å². The number of methoxy groups -OCH3 is 1. The number of halogens is 2. The SMILES string of the molecule is COC(C)CC(N)c1c(F)ccc(C)c1F. The van der Waals surface area contributed by atoms with Crippen molar-refractivity contribution < 1.29 is 13.5 Å². The monoisotopic (exact) mass is 229 g/mol. The Balaban J connectivity index is 2.98. The summed E-state index contributed by atoms with van der Waals surface area (Å²) in [4.78, 5) is 0. The third-order valence-electron chi connectivity index (χ3n) is 2.68. The molecule has 1 aromatic carbocycles. The molecule has 0 amide bonds. The van der Waals surface area contributed by atoms with Crippen LogP contribution >= 0.6 is 0 Å². The summed E-state index contributed by atoms with van der Waals surface area (Å²) in [5.74, 6) is -1.16. The quantitative estimate of drug-likeness (QED) is 0.861. The van der Waals surface area contributed by atoms with E-state index in [0.717, 1.165) is 0 Å². The zero-order valence-electron chi connectivity index (χ0n) is 9.76. The van der Waals surface area contributed by atoms with Crippen LogP contribution in [0, 0.1) is 18.6 Å². The van der Waals surface area contributed by atoms with E-state index in [0.29, 0.717) is 12.0 Å². The Bertz CT molecular complexity index is 368. The molecule has 2 unspecified atom stereocenters. The number of ether oxygens (including phenoxy) is 1. The highest BCUT2D eigenvalue weighted by molar-refractivity contribution is 5.29. The van der Waals surface area contributed by atoms with Gasteiger partial charge < -0.3 is 10.5 Å². The minimum Gasteiger partial charge on any atom is -0.382 e. The van der Waals surface area contributed by atoms with E-state index in [1.807, 2.05) is 6.92 Å². The molecule has 4 heteroatoms. The second kappa shape index (κ2) is 5.37. The fraction of sp³-hybridized carbons (Fsp3) is 0.500. The van der Waals surface area contributed by atoms with E-state index >= 15 is 0 Å². The van der Waals surface area contributed by atoms with Crippen LogP contribution in [0.2, 0.25) is 0 Å².